The third-order valence-corrected chi connectivity index (χ3v) is 3.87. The van der Waals surface area contributed by atoms with Crippen LogP contribution >= 0.6 is 39.1 Å². The molecule has 0 spiro atoms. The number of aromatic nitrogens is 2. The van der Waals surface area contributed by atoms with E-state index in [9.17, 15) is 0 Å². The van der Waals surface area contributed by atoms with Crippen LogP contribution in [0.25, 0.3) is 11.4 Å². The van der Waals surface area contributed by atoms with Crippen molar-refractivity contribution in [2.45, 2.75) is 6.61 Å². The molecule has 22 heavy (non-hydrogen) atoms. The van der Waals surface area contributed by atoms with Gasteiger partial charge in [-0.05, 0) is 42.5 Å². The molecule has 4 nitrogen and oxygen atoms in total. The SMILES string of the molecule is Clc1ccc(OCc2nc(-c3ccc(Br)cc3)no2)c(Cl)c1. The summed E-state index contributed by atoms with van der Waals surface area (Å²) >= 11 is 15.2. The van der Waals surface area contributed by atoms with E-state index in [0.717, 1.165) is 10.0 Å². The Balaban J connectivity index is 1.70. The lowest BCUT2D eigenvalue weighted by Gasteiger charge is -2.05. The molecule has 0 saturated heterocycles. The molecule has 0 N–H and O–H groups in total. The van der Waals surface area contributed by atoms with Crippen molar-refractivity contribution in [3.63, 3.8) is 0 Å². The van der Waals surface area contributed by atoms with Gasteiger partial charge in [-0.1, -0.05) is 44.3 Å². The van der Waals surface area contributed by atoms with Crippen molar-refractivity contribution in [1.29, 1.82) is 0 Å². The second-order valence-corrected chi connectivity index (χ2v) is 6.14. The largest absolute Gasteiger partial charge is 0.482 e. The third-order valence-electron chi connectivity index (χ3n) is 2.82. The Morgan fingerprint density at radius 1 is 1.09 bits per heavy atom. The van der Waals surface area contributed by atoms with Gasteiger partial charge in [0.05, 0.1) is 5.02 Å². The van der Waals surface area contributed by atoms with E-state index in [2.05, 4.69) is 26.1 Å². The second-order valence-electron chi connectivity index (χ2n) is 4.38. The van der Waals surface area contributed by atoms with Gasteiger partial charge >= 0.3 is 0 Å². The highest BCUT2D eigenvalue weighted by atomic mass is 79.9. The number of hydrogen-bond acceptors (Lipinski definition) is 4. The molecule has 0 aliphatic heterocycles. The van der Waals surface area contributed by atoms with E-state index >= 15 is 0 Å². The standard InChI is InChI=1S/C15H9BrCl2N2O2/c16-10-3-1-9(2-4-10)15-19-14(22-20-15)8-21-13-6-5-11(17)7-12(13)18/h1-7H,8H2. The van der Waals surface area contributed by atoms with Crippen LogP contribution in [0.4, 0.5) is 0 Å². The highest BCUT2D eigenvalue weighted by Crippen LogP contribution is 2.28. The van der Waals surface area contributed by atoms with Crippen LogP contribution in [-0.4, -0.2) is 10.1 Å². The molecule has 0 aliphatic rings. The number of halogens is 3. The molecular weight excluding hydrogens is 391 g/mol. The van der Waals surface area contributed by atoms with Gasteiger partial charge in [0.25, 0.3) is 5.89 Å². The molecule has 3 rings (SSSR count). The van der Waals surface area contributed by atoms with Crippen molar-refractivity contribution in [3.05, 3.63) is 62.9 Å². The molecule has 0 saturated carbocycles. The molecule has 0 unspecified atom stereocenters. The Kier molecular flexibility index (Phi) is 4.66. The van der Waals surface area contributed by atoms with Crippen LogP contribution in [0, 0.1) is 0 Å². The van der Waals surface area contributed by atoms with Gasteiger partial charge in [-0.3, -0.25) is 0 Å². The quantitative estimate of drug-likeness (QED) is 0.590. The fourth-order valence-corrected chi connectivity index (χ4v) is 2.49. The van der Waals surface area contributed by atoms with Crippen molar-refractivity contribution in [3.8, 4) is 17.1 Å². The zero-order chi connectivity index (χ0) is 15.5. The Labute approximate surface area is 145 Å². The van der Waals surface area contributed by atoms with E-state index in [1.165, 1.54) is 0 Å². The van der Waals surface area contributed by atoms with Crippen LogP contribution in [0.2, 0.25) is 10.0 Å². The maximum Gasteiger partial charge on any atom is 0.264 e. The minimum absolute atomic E-state index is 0.130. The van der Waals surface area contributed by atoms with Crippen LogP contribution in [-0.2, 0) is 6.61 Å². The number of hydrogen-bond donors (Lipinski definition) is 0. The summed E-state index contributed by atoms with van der Waals surface area (Å²) in [6, 6.07) is 12.6. The summed E-state index contributed by atoms with van der Waals surface area (Å²) in [5.74, 6) is 1.38. The molecule has 0 amide bonds. The fourth-order valence-electron chi connectivity index (χ4n) is 1.76. The third kappa shape index (κ3) is 3.61. The monoisotopic (exact) mass is 398 g/mol. The normalized spacial score (nSPS) is 10.7. The van der Waals surface area contributed by atoms with E-state index < -0.39 is 0 Å². The first-order valence-corrected chi connectivity index (χ1v) is 7.83. The first-order chi connectivity index (χ1) is 10.6. The molecule has 1 heterocycles. The average molecular weight is 400 g/mol. The van der Waals surface area contributed by atoms with E-state index in [1.807, 2.05) is 24.3 Å². The number of rotatable bonds is 4. The van der Waals surface area contributed by atoms with E-state index in [1.54, 1.807) is 18.2 Å². The summed E-state index contributed by atoms with van der Waals surface area (Å²) < 4.78 is 11.7. The zero-order valence-electron chi connectivity index (χ0n) is 11.1. The first-order valence-electron chi connectivity index (χ1n) is 6.28. The van der Waals surface area contributed by atoms with Gasteiger partial charge in [-0.25, -0.2) is 0 Å². The van der Waals surface area contributed by atoms with Crippen molar-refractivity contribution >= 4 is 39.1 Å². The van der Waals surface area contributed by atoms with Crippen LogP contribution in [0.5, 0.6) is 5.75 Å². The molecular formula is C15H9BrCl2N2O2. The number of nitrogens with zero attached hydrogens (tertiary/aromatic N) is 2. The maximum absolute atomic E-state index is 6.03. The highest BCUT2D eigenvalue weighted by molar-refractivity contribution is 9.10. The Morgan fingerprint density at radius 2 is 1.86 bits per heavy atom. The maximum atomic E-state index is 6.03. The lowest BCUT2D eigenvalue weighted by Crippen LogP contribution is -1.96. The molecule has 0 bridgehead atoms. The van der Waals surface area contributed by atoms with Crippen molar-refractivity contribution < 1.29 is 9.26 Å². The van der Waals surface area contributed by atoms with Crippen molar-refractivity contribution in [2.75, 3.05) is 0 Å². The predicted molar refractivity (Wildman–Crippen MR) is 88.2 cm³/mol. The molecule has 0 aliphatic carbocycles. The molecule has 2 aromatic carbocycles. The van der Waals surface area contributed by atoms with Crippen LogP contribution in [0.3, 0.4) is 0 Å². The van der Waals surface area contributed by atoms with Gasteiger partial charge in [-0.15, -0.1) is 0 Å². The van der Waals surface area contributed by atoms with Crippen LogP contribution in [0.15, 0.2) is 51.5 Å². The topological polar surface area (TPSA) is 48.2 Å². The predicted octanol–water partition coefficient (Wildman–Crippen LogP) is 5.38. The summed E-state index contributed by atoms with van der Waals surface area (Å²) in [7, 11) is 0. The van der Waals surface area contributed by atoms with Gasteiger partial charge in [0.15, 0.2) is 6.61 Å². The minimum atomic E-state index is 0.130. The first kappa shape index (κ1) is 15.3. The Morgan fingerprint density at radius 3 is 2.59 bits per heavy atom. The van der Waals surface area contributed by atoms with E-state index in [4.69, 9.17) is 32.5 Å². The summed E-state index contributed by atoms with van der Waals surface area (Å²) in [5.41, 5.74) is 0.864. The Hall–Kier alpha value is -1.56. The van der Waals surface area contributed by atoms with E-state index in [0.29, 0.717) is 27.5 Å². The molecule has 0 atom stereocenters. The molecule has 1 aromatic heterocycles. The van der Waals surface area contributed by atoms with Gasteiger partial charge in [0.1, 0.15) is 5.75 Å². The minimum Gasteiger partial charge on any atom is -0.482 e. The lowest BCUT2D eigenvalue weighted by molar-refractivity contribution is 0.243. The van der Waals surface area contributed by atoms with Crippen LogP contribution in [0.1, 0.15) is 5.89 Å². The van der Waals surface area contributed by atoms with Crippen LogP contribution < -0.4 is 4.74 Å². The zero-order valence-corrected chi connectivity index (χ0v) is 14.2. The summed E-state index contributed by atoms with van der Waals surface area (Å²) in [5, 5.41) is 4.91. The van der Waals surface area contributed by atoms with Gasteiger partial charge in [0, 0.05) is 15.1 Å². The summed E-state index contributed by atoms with van der Waals surface area (Å²) in [6.45, 7) is 0.130. The van der Waals surface area contributed by atoms with Gasteiger partial charge in [-0.2, -0.15) is 4.98 Å². The van der Waals surface area contributed by atoms with E-state index in [-0.39, 0.29) is 6.61 Å². The lowest BCUT2D eigenvalue weighted by atomic mass is 10.2. The van der Waals surface area contributed by atoms with Gasteiger partial charge in [0.2, 0.25) is 5.82 Å². The molecule has 0 fully saturated rings. The molecule has 112 valence electrons. The molecule has 0 radical (unpaired) electrons. The summed E-state index contributed by atoms with van der Waals surface area (Å²) in [6.07, 6.45) is 0. The van der Waals surface area contributed by atoms with Gasteiger partial charge < -0.3 is 9.26 Å². The van der Waals surface area contributed by atoms with Crippen molar-refractivity contribution in [1.82, 2.24) is 10.1 Å². The van der Waals surface area contributed by atoms with Crippen molar-refractivity contribution in [2.24, 2.45) is 0 Å². The highest BCUT2D eigenvalue weighted by Gasteiger charge is 2.10. The second kappa shape index (κ2) is 6.69. The fraction of sp³-hybridized carbons (Fsp3) is 0.0667. The number of benzene rings is 2. The number of ether oxygens (including phenoxy) is 1. The Bertz CT molecular complexity index is 790. The average Bonchev–Trinajstić information content (AvgIpc) is 2.96. The molecule has 7 heteroatoms. The molecule has 3 aromatic rings. The smallest absolute Gasteiger partial charge is 0.264 e. The summed E-state index contributed by atoms with van der Waals surface area (Å²) in [4.78, 5) is 4.29.